The molecule has 164 valence electrons. The molecule has 0 radical (unpaired) electrons. The first-order chi connectivity index (χ1) is 13.8. The maximum absolute atomic E-state index is 10.0. The average molecular weight is 401 g/mol. The van der Waals surface area contributed by atoms with Gasteiger partial charge in [0.2, 0.25) is 0 Å². The Bertz CT molecular complexity index is 630. The van der Waals surface area contributed by atoms with Crippen LogP contribution in [0.4, 0.5) is 0 Å². The van der Waals surface area contributed by atoms with Crippen molar-refractivity contribution in [2.24, 2.45) is 29.1 Å². The lowest BCUT2D eigenvalue weighted by molar-refractivity contribution is 0.0922. The van der Waals surface area contributed by atoms with Gasteiger partial charge in [-0.15, -0.1) is 0 Å². The summed E-state index contributed by atoms with van der Waals surface area (Å²) < 4.78 is 0. The van der Waals surface area contributed by atoms with Crippen molar-refractivity contribution in [2.45, 2.75) is 97.5 Å². The average Bonchev–Trinajstić information content (AvgIpc) is 3.06. The van der Waals surface area contributed by atoms with E-state index in [0.717, 1.165) is 43.4 Å². The number of fused-ring (bicyclic) bond motifs is 1. The van der Waals surface area contributed by atoms with Crippen LogP contribution >= 0.6 is 0 Å². The highest BCUT2D eigenvalue weighted by Gasteiger charge is 2.50. The van der Waals surface area contributed by atoms with Crippen LogP contribution in [0, 0.1) is 29.1 Å². The summed E-state index contributed by atoms with van der Waals surface area (Å²) in [6.07, 6.45) is 17.5. The summed E-state index contributed by atoms with van der Waals surface area (Å²) in [5.41, 5.74) is 4.60. The molecule has 2 N–H and O–H groups in total. The van der Waals surface area contributed by atoms with Gasteiger partial charge in [-0.3, -0.25) is 0 Å². The van der Waals surface area contributed by atoms with E-state index in [1.54, 1.807) is 5.57 Å². The minimum Gasteiger partial charge on any atom is -0.396 e. The highest BCUT2D eigenvalue weighted by atomic mass is 16.3. The van der Waals surface area contributed by atoms with Gasteiger partial charge in [0.15, 0.2) is 0 Å². The Labute approximate surface area is 179 Å². The summed E-state index contributed by atoms with van der Waals surface area (Å²) in [6.45, 7) is 11.8. The predicted molar refractivity (Wildman–Crippen MR) is 123 cm³/mol. The molecule has 0 amide bonds. The Hall–Kier alpha value is -0.860. The maximum atomic E-state index is 10.0. The van der Waals surface area contributed by atoms with E-state index < -0.39 is 0 Å². The van der Waals surface area contributed by atoms with E-state index in [9.17, 15) is 10.2 Å². The second-order valence-corrected chi connectivity index (χ2v) is 10.7. The Morgan fingerprint density at radius 3 is 2.69 bits per heavy atom. The van der Waals surface area contributed by atoms with Crippen LogP contribution in [-0.4, -0.2) is 22.9 Å². The summed E-state index contributed by atoms with van der Waals surface area (Å²) in [5, 5.41) is 19.3. The van der Waals surface area contributed by atoms with Crippen LogP contribution in [-0.2, 0) is 0 Å². The minimum atomic E-state index is -0.188. The quantitative estimate of drug-likeness (QED) is 0.506. The zero-order valence-corrected chi connectivity index (χ0v) is 19.1. The van der Waals surface area contributed by atoms with E-state index >= 15 is 0 Å². The molecule has 6 atom stereocenters. The maximum Gasteiger partial charge on any atom is 0.0583 e. The van der Waals surface area contributed by atoms with Crippen LogP contribution in [0.1, 0.15) is 91.4 Å². The highest BCUT2D eigenvalue weighted by Crippen LogP contribution is 2.59. The Morgan fingerprint density at radius 1 is 1.14 bits per heavy atom. The number of allylic oxidation sites excluding steroid dienone is 4. The topological polar surface area (TPSA) is 40.5 Å². The van der Waals surface area contributed by atoms with E-state index in [0.29, 0.717) is 17.9 Å². The van der Waals surface area contributed by atoms with Gasteiger partial charge in [-0.05, 0) is 92.4 Å². The zero-order valence-electron chi connectivity index (χ0n) is 19.1. The van der Waals surface area contributed by atoms with Gasteiger partial charge in [-0.1, -0.05) is 63.5 Å². The van der Waals surface area contributed by atoms with Crippen molar-refractivity contribution in [3.8, 4) is 0 Å². The third-order valence-corrected chi connectivity index (χ3v) is 8.58. The van der Waals surface area contributed by atoms with Crippen molar-refractivity contribution in [1.82, 2.24) is 0 Å². The predicted octanol–water partition coefficient (Wildman–Crippen LogP) is 6.59. The first-order valence-corrected chi connectivity index (χ1v) is 12.2. The molecule has 29 heavy (non-hydrogen) atoms. The zero-order chi connectivity index (χ0) is 21.0. The largest absolute Gasteiger partial charge is 0.396 e. The molecule has 3 rings (SSSR count). The molecule has 0 aromatic rings. The molecule has 0 saturated heterocycles. The molecular formula is C27H44O2. The Kier molecular flexibility index (Phi) is 7.84. The van der Waals surface area contributed by atoms with Crippen LogP contribution < -0.4 is 0 Å². The molecule has 2 nitrogen and oxygen atoms in total. The molecule has 1 unspecified atom stereocenters. The van der Waals surface area contributed by atoms with Gasteiger partial charge in [0.1, 0.15) is 0 Å². The molecule has 0 aromatic carbocycles. The van der Waals surface area contributed by atoms with Crippen LogP contribution in [0.5, 0.6) is 0 Å². The third kappa shape index (κ3) is 5.25. The Morgan fingerprint density at radius 2 is 1.93 bits per heavy atom. The molecule has 3 aliphatic carbocycles. The van der Waals surface area contributed by atoms with Gasteiger partial charge in [0.25, 0.3) is 0 Å². The smallest absolute Gasteiger partial charge is 0.0583 e. The van der Waals surface area contributed by atoms with Crippen LogP contribution in [0.2, 0.25) is 0 Å². The van der Waals surface area contributed by atoms with Crippen molar-refractivity contribution in [2.75, 3.05) is 6.61 Å². The number of hydrogen-bond donors (Lipinski definition) is 2. The van der Waals surface area contributed by atoms with Crippen molar-refractivity contribution >= 4 is 0 Å². The molecule has 3 aliphatic rings. The second kappa shape index (κ2) is 9.96. The van der Waals surface area contributed by atoms with Crippen molar-refractivity contribution < 1.29 is 10.2 Å². The van der Waals surface area contributed by atoms with Crippen molar-refractivity contribution in [1.29, 1.82) is 0 Å². The molecule has 0 aromatic heterocycles. The molecule has 0 spiro atoms. The molecule has 3 fully saturated rings. The fourth-order valence-electron chi connectivity index (χ4n) is 6.69. The van der Waals surface area contributed by atoms with Gasteiger partial charge in [0.05, 0.1) is 6.10 Å². The molecule has 3 saturated carbocycles. The lowest BCUT2D eigenvalue weighted by atomic mass is 9.60. The standard InChI is InChI=1S/C27H44O2/c1-19(18-28)7-5-8-21(3)25-14-15-26-22(9-6-16-27(25,26)4)11-12-23-17-24(29)13-10-20(23)2/h11-12,19,21,24-26,28-29H,2,5-10,13-18H2,1,3-4H3/b22-11+,23-12-/t19?,21-,24+,25-,26+,27-/m1/s1. The molecule has 0 bridgehead atoms. The molecule has 2 heteroatoms. The van der Waals surface area contributed by atoms with Gasteiger partial charge in [-0.2, -0.15) is 0 Å². The normalized spacial score (nSPS) is 37.7. The van der Waals surface area contributed by atoms with Crippen LogP contribution in [0.15, 0.2) is 35.5 Å². The number of hydrogen-bond acceptors (Lipinski definition) is 2. The van der Waals surface area contributed by atoms with Crippen LogP contribution in [0.3, 0.4) is 0 Å². The SMILES string of the molecule is C=C1CC[C@H](O)C/C1=C/C=C1\CCC[C@]2(C)[C@@H]([C@H](C)CCCC(C)CO)CC[C@@H]12. The summed E-state index contributed by atoms with van der Waals surface area (Å²) >= 11 is 0. The fraction of sp³-hybridized carbons (Fsp3) is 0.778. The molecule has 0 heterocycles. The van der Waals surface area contributed by atoms with Crippen molar-refractivity contribution in [3.63, 3.8) is 0 Å². The second-order valence-electron chi connectivity index (χ2n) is 10.7. The van der Waals surface area contributed by atoms with E-state index in [4.69, 9.17) is 0 Å². The summed E-state index contributed by atoms with van der Waals surface area (Å²) in [4.78, 5) is 0. The first-order valence-electron chi connectivity index (χ1n) is 12.2. The Balaban J connectivity index is 1.67. The van der Waals surface area contributed by atoms with Gasteiger partial charge in [0, 0.05) is 6.61 Å². The summed E-state index contributed by atoms with van der Waals surface area (Å²) in [5.74, 6) is 2.79. The minimum absolute atomic E-state index is 0.188. The fourth-order valence-corrected chi connectivity index (χ4v) is 6.69. The number of aliphatic hydroxyl groups excluding tert-OH is 2. The number of rotatable bonds is 7. The summed E-state index contributed by atoms with van der Waals surface area (Å²) in [6, 6.07) is 0. The lowest BCUT2D eigenvalue weighted by Gasteiger charge is -2.44. The monoisotopic (exact) mass is 400 g/mol. The summed E-state index contributed by atoms with van der Waals surface area (Å²) in [7, 11) is 0. The van der Waals surface area contributed by atoms with E-state index in [2.05, 4.69) is 39.5 Å². The third-order valence-electron chi connectivity index (χ3n) is 8.58. The van der Waals surface area contributed by atoms with E-state index in [1.165, 1.54) is 56.1 Å². The van der Waals surface area contributed by atoms with Crippen molar-refractivity contribution in [3.05, 3.63) is 35.5 Å². The van der Waals surface area contributed by atoms with E-state index in [-0.39, 0.29) is 6.10 Å². The lowest BCUT2D eigenvalue weighted by Crippen LogP contribution is -2.36. The van der Waals surface area contributed by atoms with Gasteiger partial charge >= 0.3 is 0 Å². The highest BCUT2D eigenvalue weighted by molar-refractivity contribution is 5.36. The van der Waals surface area contributed by atoms with Crippen LogP contribution in [0.25, 0.3) is 0 Å². The van der Waals surface area contributed by atoms with Gasteiger partial charge < -0.3 is 10.2 Å². The number of aliphatic hydroxyl groups is 2. The molecular weight excluding hydrogens is 356 g/mol. The molecule has 0 aliphatic heterocycles. The first kappa shape index (κ1) is 22.8. The van der Waals surface area contributed by atoms with E-state index in [1.807, 2.05) is 0 Å². The van der Waals surface area contributed by atoms with Gasteiger partial charge in [-0.25, -0.2) is 0 Å².